The maximum absolute atomic E-state index is 12.1. The summed E-state index contributed by atoms with van der Waals surface area (Å²) in [7, 11) is 0. The molecule has 1 heterocycles. The van der Waals surface area contributed by atoms with Crippen molar-refractivity contribution >= 4 is 23.2 Å². The van der Waals surface area contributed by atoms with Gasteiger partial charge < -0.3 is 14.4 Å². The van der Waals surface area contributed by atoms with Crippen LogP contribution in [0.3, 0.4) is 0 Å². The first-order valence-corrected chi connectivity index (χ1v) is 7.02. The fraction of sp³-hybridized carbons (Fsp3) is 0.429. The Morgan fingerprint density at radius 3 is 2.60 bits per heavy atom. The Morgan fingerprint density at radius 1 is 1.35 bits per heavy atom. The van der Waals surface area contributed by atoms with Gasteiger partial charge in [0.05, 0.1) is 19.8 Å². The molecule has 0 spiro atoms. The summed E-state index contributed by atoms with van der Waals surface area (Å²) in [4.78, 5) is 14.0. The van der Waals surface area contributed by atoms with Crippen LogP contribution < -0.4 is 10.1 Å². The highest BCUT2D eigenvalue weighted by Crippen LogP contribution is 2.12. The van der Waals surface area contributed by atoms with Crippen molar-refractivity contribution in [3.63, 3.8) is 0 Å². The van der Waals surface area contributed by atoms with Crippen molar-refractivity contribution in [2.75, 3.05) is 32.9 Å². The van der Waals surface area contributed by atoms with E-state index in [4.69, 9.17) is 21.7 Å². The molecule has 1 aliphatic rings. The van der Waals surface area contributed by atoms with Gasteiger partial charge in [0.25, 0.3) is 5.91 Å². The summed E-state index contributed by atoms with van der Waals surface area (Å²) in [6.45, 7) is 5.22. The van der Waals surface area contributed by atoms with E-state index in [1.807, 2.05) is 11.8 Å². The first-order valence-electron chi connectivity index (χ1n) is 6.61. The molecular formula is C14H18N2O3S. The molecule has 2 rings (SSSR count). The van der Waals surface area contributed by atoms with Crippen molar-refractivity contribution < 1.29 is 14.3 Å². The highest BCUT2D eigenvalue weighted by molar-refractivity contribution is 7.80. The Balaban J connectivity index is 1.91. The molecule has 0 unspecified atom stereocenters. The lowest BCUT2D eigenvalue weighted by Crippen LogP contribution is -2.47. The minimum atomic E-state index is -0.204. The van der Waals surface area contributed by atoms with E-state index in [1.54, 1.807) is 24.3 Å². The van der Waals surface area contributed by atoms with Crippen LogP contribution in [-0.2, 0) is 4.74 Å². The summed E-state index contributed by atoms with van der Waals surface area (Å²) in [6, 6.07) is 7.00. The molecule has 1 amide bonds. The third-order valence-corrected chi connectivity index (χ3v) is 3.31. The Kier molecular flexibility index (Phi) is 5.31. The van der Waals surface area contributed by atoms with Crippen molar-refractivity contribution in [3.8, 4) is 5.75 Å². The molecule has 20 heavy (non-hydrogen) atoms. The van der Waals surface area contributed by atoms with E-state index < -0.39 is 0 Å². The molecule has 5 nitrogen and oxygen atoms in total. The third kappa shape index (κ3) is 3.91. The first kappa shape index (κ1) is 14.7. The van der Waals surface area contributed by atoms with Crippen LogP contribution in [0.5, 0.6) is 5.75 Å². The molecule has 1 N–H and O–H groups in total. The fourth-order valence-corrected chi connectivity index (χ4v) is 2.16. The van der Waals surface area contributed by atoms with Crippen LogP contribution in [0.15, 0.2) is 24.3 Å². The van der Waals surface area contributed by atoms with Crippen LogP contribution in [0.25, 0.3) is 0 Å². The minimum absolute atomic E-state index is 0.204. The quantitative estimate of drug-likeness (QED) is 0.855. The Labute approximate surface area is 123 Å². The van der Waals surface area contributed by atoms with E-state index in [-0.39, 0.29) is 5.91 Å². The van der Waals surface area contributed by atoms with Gasteiger partial charge in [-0.05, 0) is 43.4 Å². The predicted molar refractivity (Wildman–Crippen MR) is 80.1 cm³/mol. The van der Waals surface area contributed by atoms with Crippen molar-refractivity contribution in [1.29, 1.82) is 0 Å². The van der Waals surface area contributed by atoms with E-state index in [1.165, 1.54) is 0 Å². The van der Waals surface area contributed by atoms with Crippen LogP contribution in [0.4, 0.5) is 0 Å². The van der Waals surface area contributed by atoms with Crippen LogP contribution in [0, 0.1) is 0 Å². The van der Waals surface area contributed by atoms with E-state index in [0.29, 0.717) is 43.6 Å². The number of thiocarbonyl (C=S) groups is 1. The van der Waals surface area contributed by atoms with Crippen molar-refractivity contribution in [2.24, 2.45) is 0 Å². The monoisotopic (exact) mass is 294 g/mol. The second kappa shape index (κ2) is 7.21. The summed E-state index contributed by atoms with van der Waals surface area (Å²) in [5.74, 6) is 0.546. The van der Waals surface area contributed by atoms with Gasteiger partial charge >= 0.3 is 0 Å². The van der Waals surface area contributed by atoms with Crippen molar-refractivity contribution in [1.82, 2.24) is 10.2 Å². The van der Waals surface area contributed by atoms with Gasteiger partial charge in [-0.15, -0.1) is 0 Å². The summed E-state index contributed by atoms with van der Waals surface area (Å²) in [5.41, 5.74) is 0.559. The van der Waals surface area contributed by atoms with E-state index in [2.05, 4.69) is 5.32 Å². The van der Waals surface area contributed by atoms with Gasteiger partial charge in [0.15, 0.2) is 5.11 Å². The molecule has 1 fully saturated rings. The topological polar surface area (TPSA) is 50.8 Å². The van der Waals surface area contributed by atoms with Crippen molar-refractivity contribution in [2.45, 2.75) is 6.92 Å². The fourth-order valence-electron chi connectivity index (χ4n) is 1.88. The first-order chi connectivity index (χ1) is 9.70. The largest absolute Gasteiger partial charge is 0.494 e. The van der Waals surface area contributed by atoms with Gasteiger partial charge in [0.1, 0.15) is 5.75 Å². The smallest absolute Gasteiger partial charge is 0.257 e. The predicted octanol–water partition coefficient (Wildman–Crippen LogP) is 1.43. The van der Waals surface area contributed by atoms with Gasteiger partial charge in [0, 0.05) is 18.7 Å². The Bertz CT molecular complexity index is 470. The summed E-state index contributed by atoms with van der Waals surface area (Å²) >= 11 is 5.23. The highest BCUT2D eigenvalue weighted by Gasteiger charge is 2.16. The summed E-state index contributed by atoms with van der Waals surface area (Å²) in [6.07, 6.45) is 0. The molecule has 1 aliphatic heterocycles. The number of morpholine rings is 1. The Morgan fingerprint density at radius 2 is 2.00 bits per heavy atom. The van der Waals surface area contributed by atoms with Crippen molar-refractivity contribution in [3.05, 3.63) is 29.8 Å². The maximum Gasteiger partial charge on any atom is 0.257 e. The zero-order valence-electron chi connectivity index (χ0n) is 11.4. The van der Waals surface area contributed by atoms with Crippen LogP contribution in [0.1, 0.15) is 17.3 Å². The van der Waals surface area contributed by atoms with E-state index in [0.717, 1.165) is 5.75 Å². The molecule has 1 aromatic carbocycles. The molecule has 6 heteroatoms. The number of amides is 1. The van der Waals surface area contributed by atoms with Gasteiger partial charge in [-0.2, -0.15) is 0 Å². The second-order valence-electron chi connectivity index (χ2n) is 4.32. The maximum atomic E-state index is 12.1. The van der Waals surface area contributed by atoms with Crippen LogP contribution in [0.2, 0.25) is 0 Å². The van der Waals surface area contributed by atoms with Gasteiger partial charge in [0.2, 0.25) is 0 Å². The van der Waals surface area contributed by atoms with Crippen LogP contribution in [-0.4, -0.2) is 48.8 Å². The Hall–Kier alpha value is -1.66. The molecule has 0 aliphatic carbocycles. The lowest BCUT2D eigenvalue weighted by Gasteiger charge is -2.28. The number of nitrogens with one attached hydrogen (secondary N) is 1. The molecule has 1 aromatic rings. The molecule has 0 bridgehead atoms. The van der Waals surface area contributed by atoms with Gasteiger partial charge in [-0.25, -0.2) is 0 Å². The zero-order chi connectivity index (χ0) is 14.4. The zero-order valence-corrected chi connectivity index (χ0v) is 12.2. The molecule has 0 saturated carbocycles. The number of carbonyl (C=O) groups is 1. The second-order valence-corrected chi connectivity index (χ2v) is 4.70. The number of nitrogens with zero attached hydrogens (tertiary/aromatic N) is 1. The standard InChI is InChI=1S/C14H18N2O3S/c1-2-19-12-5-3-11(4-6-12)13(17)15-14(20)16-7-9-18-10-8-16/h3-6H,2,7-10H2,1H3,(H,15,17,20). The summed E-state index contributed by atoms with van der Waals surface area (Å²) in [5, 5.41) is 3.19. The number of carbonyl (C=O) groups excluding carboxylic acids is 1. The lowest BCUT2D eigenvalue weighted by atomic mass is 10.2. The minimum Gasteiger partial charge on any atom is -0.494 e. The summed E-state index contributed by atoms with van der Waals surface area (Å²) < 4.78 is 10.6. The highest BCUT2D eigenvalue weighted by atomic mass is 32.1. The average Bonchev–Trinajstić information content (AvgIpc) is 2.49. The number of ether oxygens (including phenoxy) is 2. The molecule has 1 saturated heterocycles. The lowest BCUT2D eigenvalue weighted by molar-refractivity contribution is 0.0669. The van der Waals surface area contributed by atoms with Gasteiger partial charge in [-0.3, -0.25) is 10.1 Å². The average molecular weight is 294 g/mol. The molecule has 0 radical (unpaired) electrons. The molecule has 108 valence electrons. The van der Waals surface area contributed by atoms with Gasteiger partial charge in [-0.1, -0.05) is 0 Å². The van der Waals surface area contributed by atoms with E-state index in [9.17, 15) is 4.79 Å². The molecular weight excluding hydrogens is 276 g/mol. The number of benzene rings is 1. The van der Waals surface area contributed by atoms with Crippen LogP contribution >= 0.6 is 12.2 Å². The number of hydrogen-bond acceptors (Lipinski definition) is 4. The normalized spacial score (nSPS) is 14.8. The third-order valence-electron chi connectivity index (χ3n) is 2.95. The van der Waals surface area contributed by atoms with E-state index >= 15 is 0 Å². The molecule has 0 aromatic heterocycles. The SMILES string of the molecule is CCOc1ccc(C(=O)NC(=S)N2CCOCC2)cc1. The number of rotatable bonds is 3. The number of hydrogen-bond donors (Lipinski definition) is 1. The molecule has 0 atom stereocenters.